The number of hydrogen-bond acceptors (Lipinski definition) is 4. The third kappa shape index (κ3) is 4.51. The number of anilines is 1. The SMILES string of the molecule is C[C@H](C[C@H]1CC[C@H](c2ccnc3ccc(F)cc32)CC1)Nc1c(F)c(=O)oc2cc(Cl)ccc12. The Kier molecular flexibility index (Phi) is 6.26. The van der Waals surface area contributed by atoms with E-state index in [9.17, 15) is 13.6 Å². The maximum Gasteiger partial charge on any atom is 0.374 e. The molecule has 0 unspecified atom stereocenters. The number of rotatable bonds is 5. The van der Waals surface area contributed by atoms with Gasteiger partial charge in [-0.05, 0) is 92.8 Å². The van der Waals surface area contributed by atoms with Crippen LogP contribution in [0.3, 0.4) is 0 Å². The Morgan fingerprint density at radius 2 is 1.88 bits per heavy atom. The van der Waals surface area contributed by atoms with Crippen LogP contribution in [0, 0.1) is 17.6 Å². The van der Waals surface area contributed by atoms with Gasteiger partial charge in [-0.25, -0.2) is 9.18 Å². The largest absolute Gasteiger partial charge is 0.420 e. The van der Waals surface area contributed by atoms with E-state index in [-0.39, 0.29) is 23.1 Å². The average Bonchev–Trinajstić information content (AvgIpc) is 2.82. The van der Waals surface area contributed by atoms with Gasteiger partial charge in [-0.3, -0.25) is 4.98 Å². The maximum absolute atomic E-state index is 14.6. The van der Waals surface area contributed by atoms with Gasteiger partial charge < -0.3 is 9.73 Å². The first-order valence-electron chi connectivity index (χ1n) is 11.6. The Balaban J connectivity index is 1.27. The van der Waals surface area contributed by atoms with E-state index in [1.165, 1.54) is 12.1 Å². The van der Waals surface area contributed by atoms with Gasteiger partial charge in [-0.15, -0.1) is 0 Å². The second-order valence-electron chi connectivity index (χ2n) is 9.28. The first kappa shape index (κ1) is 22.8. The van der Waals surface area contributed by atoms with Gasteiger partial charge in [0.15, 0.2) is 0 Å². The number of nitrogens with one attached hydrogen (secondary N) is 1. The van der Waals surface area contributed by atoms with Crippen LogP contribution < -0.4 is 10.9 Å². The summed E-state index contributed by atoms with van der Waals surface area (Å²) in [5.41, 5.74) is 1.40. The van der Waals surface area contributed by atoms with Crippen LogP contribution in [0.1, 0.15) is 50.5 Å². The van der Waals surface area contributed by atoms with Crippen molar-refractivity contribution in [3.05, 3.63) is 81.3 Å². The molecule has 1 aliphatic carbocycles. The molecular weight excluding hydrogens is 458 g/mol. The van der Waals surface area contributed by atoms with Gasteiger partial charge in [0.1, 0.15) is 11.4 Å². The molecule has 1 saturated carbocycles. The van der Waals surface area contributed by atoms with Crippen molar-refractivity contribution >= 4 is 39.2 Å². The van der Waals surface area contributed by atoms with Crippen molar-refractivity contribution in [1.82, 2.24) is 4.98 Å². The zero-order chi connectivity index (χ0) is 23.8. The molecule has 0 bridgehead atoms. The highest BCUT2D eigenvalue weighted by atomic mass is 35.5. The van der Waals surface area contributed by atoms with Crippen molar-refractivity contribution in [2.45, 2.75) is 51.0 Å². The summed E-state index contributed by atoms with van der Waals surface area (Å²) in [4.78, 5) is 16.3. The van der Waals surface area contributed by atoms with E-state index in [4.69, 9.17) is 16.0 Å². The Bertz CT molecular complexity index is 1410. The Labute approximate surface area is 201 Å². The molecule has 0 saturated heterocycles. The number of hydrogen-bond donors (Lipinski definition) is 1. The van der Waals surface area contributed by atoms with E-state index in [0.717, 1.165) is 48.6 Å². The lowest BCUT2D eigenvalue weighted by molar-refractivity contribution is 0.302. The number of nitrogens with zero attached hydrogens (tertiary/aromatic N) is 1. The van der Waals surface area contributed by atoms with Crippen molar-refractivity contribution in [3.63, 3.8) is 0 Å². The molecule has 4 nitrogen and oxygen atoms in total. The minimum Gasteiger partial charge on any atom is -0.420 e. The fraction of sp³-hybridized carbons (Fsp3) is 0.333. The summed E-state index contributed by atoms with van der Waals surface area (Å²) in [6.07, 6.45) is 6.75. The smallest absolute Gasteiger partial charge is 0.374 e. The molecule has 4 aromatic rings. The van der Waals surface area contributed by atoms with Crippen LogP contribution in [-0.4, -0.2) is 11.0 Å². The molecular formula is C27H25ClF2N2O2. The lowest BCUT2D eigenvalue weighted by atomic mass is 9.76. The highest BCUT2D eigenvalue weighted by molar-refractivity contribution is 6.31. The second-order valence-corrected chi connectivity index (χ2v) is 9.72. The zero-order valence-corrected chi connectivity index (χ0v) is 19.5. The van der Waals surface area contributed by atoms with Crippen LogP contribution >= 0.6 is 11.6 Å². The Morgan fingerprint density at radius 1 is 1.09 bits per heavy atom. The van der Waals surface area contributed by atoms with E-state index in [0.29, 0.717) is 22.2 Å². The van der Waals surface area contributed by atoms with Gasteiger partial charge in [-0.1, -0.05) is 11.6 Å². The second kappa shape index (κ2) is 9.34. The predicted molar refractivity (Wildman–Crippen MR) is 132 cm³/mol. The monoisotopic (exact) mass is 482 g/mol. The molecule has 5 rings (SSSR count). The van der Waals surface area contributed by atoms with Gasteiger partial charge in [0.05, 0.1) is 11.2 Å². The summed E-state index contributed by atoms with van der Waals surface area (Å²) in [6, 6.07) is 11.6. The summed E-state index contributed by atoms with van der Waals surface area (Å²) >= 11 is 6.00. The van der Waals surface area contributed by atoms with E-state index >= 15 is 0 Å². The van der Waals surface area contributed by atoms with Crippen LogP contribution in [0.2, 0.25) is 5.02 Å². The molecule has 0 radical (unpaired) electrons. The van der Waals surface area contributed by atoms with Crippen LogP contribution in [0.4, 0.5) is 14.5 Å². The van der Waals surface area contributed by atoms with Gasteiger partial charge >= 0.3 is 5.63 Å². The van der Waals surface area contributed by atoms with E-state index in [1.807, 2.05) is 13.0 Å². The van der Waals surface area contributed by atoms with E-state index in [2.05, 4.69) is 10.3 Å². The van der Waals surface area contributed by atoms with Crippen molar-refractivity contribution in [2.24, 2.45) is 5.92 Å². The zero-order valence-electron chi connectivity index (χ0n) is 18.8. The molecule has 2 aromatic heterocycles. The van der Waals surface area contributed by atoms with Gasteiger partial charge in [0, 0.05) is 34.1 Å². The topological polar surface area (TPSA) is 55.1 Å². The molecule has 34 heavy (non-hydrogen) atoms. The van der Waals surface area contributed by atoms with Crippen LogP contribution in [-0.2, 0) is 0 Å². The van der Waals surface area contributed by atoms with Crippen molar-refractivity contribution < 1.29 is 13.2 Å². The van der Waals surface area contributed by atoms with Gasteiger partial charge in [0.2, 0.25) is 5.82 Å². The molecule has 1 N–H and O–H groups in total. The highest BCUT2D eigenvalue weighted by Gasteiger charge is 2.26. The first-order chi connectivity index (χ1) is 16.4. The molecule has 1 atom stereocenters. The molecule has 0 amide bonds. The minimum atomic E-state index is -1.01. The van der Waals surface area contributed by atoms with E-state index in [1.54, 1.807) is 30.5 Å². The fourth-order valence-electron chi connectivity index (χ4n) is 5.30. The standard InChI is InChI=1S/C27H25ClF2N2O2/c1-15(32-26-21-8-6-18(28)13-24(21)34-27(33)25(26)30)12-16-2-4-17(5-3-16)20-10-11-31-23-9-7-19(29)14-22(20)23/h6-11,13-17,32H,2-5,12H2,1H3/t15-,16-,17-/m1/s1. The van der Waals surface area contributed by atoms with Crippen molar-refractivity contribution in [2.75, 3.05) is 5.32 Å². The molecule has 0 aliphatic heterocycles. The maximum atomic E-state index is 14.6. The number of fused-ring (bicyclic) bond motifs is 2. The fourth-order valence-corrected chi connectivity index (χ4v) is 5.47. The molecule has 176 valence electrons. The quantitative estimate of drug-likeness (QED) is 0.300. The van der Waals surface area contributed by atoms with Crippen LogP contribution in [0.5, 0.6) is 0 Å². The van der Waals surface area contributed by atoms with Crippen molar-refractivity contribution in [1.29, 1.82) is 0 Å². The number of halogens is 3. The molecule has 0 spiro atoms. The molecule has 2 aromatic carbocycles. The molecule has 1 aliphatic rings. The molecule has 1 fully saturated rings. The first-order valence-corrected chi connectivity index (χ1v) is 12.0. The number of benzene rings is 2. The number of pyridine rings is 1. The third-order valence-corrected chi connectivity index (χ3v) is 7.15. The van der Waals surface area contributed by atoms with E-state index < -0.39 is 11.4 Å². The molecule has 7 heteroatoms. The summed E-state index contributed by atoms with van der Waals surface area (Å²) in [5.74, 6) is -0.307. The third-order valence-electron chi connectivity index (χ3n) is 6.92. The highest BCUT2D eigenvalue weighted by Crippen LogP contribution is 2.40. The normalized spacial score (nSPS) is 19.4. The van der Waals surface area contributed by atoms with Crippen LogP contribution in [0.25, 0.3) is 21.9 Å². The lowest BCUT2D eigenvalue weighted by Gasteiger charge is -2.31. The predicted octanol–water partition coefficient (Wildman–Crippen LogP) is 7.44. The summed E-state index contributed by atoms with van der Waals surface area (Å²) in [5, 5.41) is 5.01. The minimum absolute atomic E-state index is 0.0346. The Morgan fingerprint density at radius 3 is 2.68 bits per heavy atom. The average molecular weight is 483 g/mol. The lowest BCUT2D eigenvalue weighted by Crippen LogP contribution is -2.24. The Hall–Kier alpha value is -2.99. The summed E-state index contributed by atoms with van der Waals surface area (Å²) in [7, 11) is 0. The van der Waals surface area contributed by atoms with Crippen molar-refractivity contribution in [3.8, 4) is 0 Å². The summed E-state index contributed by atoms with van der Waals surface area (Å²) in [6.45, 7) is 2.00. The van der Waals surface area contributed by atoms with Gasteiger partial charge in [0.25, 0.3) is 0 Å². The summed E-state index contributed by atoms with van der Waals surface area (Å²) < 4.78 is 33.5. The molecule has 2 heterocycles. The van der Waals surface area contributed by atoms with Gasteiger partial charge in [-0.2, -0.15) is 4.39 Å². The number of aromatic nitrogens is 1. The van der Waals surface area contributed by atoms with Crippen LogP contribution in [0.15, 0.2) is 57.9 Å².